The van der Waals surface area contributed by atoms with Gasteiger partial charge in [0.15, 0.2) is 5.13 Å². The molecule has 2 N–H and O–H groups in total. The largest absolute Gasteiger partial charge is 0.493 e. The summed E-state index contributed by atoms with van der Waals surface area (Å²) in [4.78, 5) is 32.2. The van der Waals surface area contributed by atoms with Crippen LogP contribution in [-0.2, 0) is 14.9 Å². The topological polar surface area (TPSA) is 92.8 Å². The van der Waals surface area contributed by atoms with E-state index in [0.717, 1.165) is 47.8 Å². The molecule has 2 aromatic carbocycles. The molecule has 2 aliphatic heterocycles. The standard InChI is InChI=1S/C29H34N4O4S/c1-18-15-33(16-19(2)37-18)22-7-5-6-20(12-22)24-17-38-28(31-24)32-26(34)14-30-27(35)21-8-9-25-23(13-21)29(3,4)10-11-36-25/h5-9,12-13,17-19H,10-11,14-16H2,1-4H3,(H,30,35)(H,31,32,34)/t18-,19+. The first kappa shape index (κ1) is 26.2. The number of rotatable bonds is 6. The molecule has 3 heterocycles. The number of ether oxygens (including phenoxy) is 2. The van der Waals surface area contributed by atoms with Crippen molar-refractivity contribution in [2.45, 2.75) is 51.7 Å². The average molecular weight is 535 g/mol. The van der Waals surface area contributed by atoms with Gasteiger partial charge < -0.3 is 25.0 Å². The van der Waals surface area contributed by atoms with Gasteiger partial charge >= 0.3 is 0 Å². The Balaban J connectivity index is 1.18. The maximum absolute atomic E-state index is 12.7. The maximum atomic E-state index is 12.7. The molecule has 0 radical (unpaired) electrons. The number of morpholine rings is 1. The van der Waals surface area contributed by atoms with E-state index in [2.05, 4.69) is 60.3 Å². The molecule has 1 saturated heterocycles. The second kappa shape index (κ2) is 10.7. The molecule has 3 aromatic rings. The van der Waals surface area contributed by atoms with Gasteiger partial charge in [0, 0.05) is 40.8 Å². The number of aromatic nitrogens is 1. The van der Waals surface area contributed by atoms with E-state index >= 15 is 0 Å². The first-order valence-electron chi connectivity index (χ1n) is 13.0. The van der Waals surface area contributed by atoms with E-state index in [9.17, 15) is 9.59 Å². The summed E-state index contributed by atoms with van der Waals surface area (Å²) in [6, 6.07) is 13.7. The number of hydrogen-bond acceptors (Lipinski definition) is 7. The van der Waals surface area contributed by atoms with Crippen molar-refractivity contribution in [2.24, 2.45) is 0 Å². The van der Waals surface area contributed by atoms with Crippen molar-refractivity contribution in [3.05, 3.63) is 59.0 Å². The lowest BCUT2D eigenvalue weighted by Gasteiger charge is -2.37. The fraction of sp³-hybridized carbons (Fsp3) is 0.414. The van der Waals surface area contributed by atoms with E-state index in [-0.39, 0.29) is 36.0 Å². The van der Waals surface area contributed by atoms with Gasteiger partial charge in [-0.2, -0.15) is 0 Å². The van der Waals surface area contributed by atoms with Crippen molar-refractivity contribution in [1.82, 2.24) is 10.3 Å². The summed E-state index contributed by atoms with van der Waals surface area (Å²) in [5.41, 5.74) is 4.36. The van der Waals surface area contributed by atoms with Crippen molar-refractivity contribution in [3.63, 3.8) is 0 Å². The molecule has 1 fully saturated rings. The molecule has 2 atom stereocenters. The van der Waals surface area contributed by atoms with Crippen molar-refractivity contribution in [2.75, 3.05) is 36.5 Å². The van der Waals surface area contributed by atoms with Gasteiger partial charge in [-0.1, -0.05) is 26.0 Å². The first-order valence-corrected chi connectivity index (χ1v) is 13.9. The Kier molecular flexibility index (Phi) is 7.40. The van der Waals surface area contributed by atoms with Crippen LogP contribution in [0.4, 0.5) is 10.8 Å². The van der Waals surface area contributed by atoms with Crippen LogP contribution in [-0.4, -0.2) is 55.2 Å². The highest BCUT2D eigenvalue weighted by Gasteiger charge is 2.29. The molecular formula is C29H34N4O4S. The molecule has 2 aliphatic rings. The molecule has 0 spiro atoms. The Labute approximate surface area is 227 Å². The highest BCUT2D eigenvalue weighted by Crippen LogP contribution is 2.38. The number of nitrogens with one attached hydrogen (secondary N) is 2. The van der Waals surface area contributed by atoms with E-state index in [1.54, 1.807) is 6.07 Å². The highest BCUT2D eigenvalue weighted by atomic mass is 32.1. The predicted octanol–water partition coefficient (Wildman–Crippen LogP) is 4.85. The molecule has 0 aliphatic carbocycles. The van der Waals surface area contributed by atoms with Gasteiger partial charge in [-0.15, -0.1) is 11.3 Å². The summed E-state index contributed by atoms with van der Waals surface area (Å²) in [5, 5.41) is 7.93. The molecule has 5 rings (SSSR count). The SMILES string of the molecule is C[C@@H]1CN(c2cccc(-c3csc(NC(=O)CNC(=O)c4ccc5c(c4)C(C)(C)CCO5)n3)c2)C[C@H](C)O1. The smallest absolute Gasteiger partial charge is 0.251 e. The first-order chi connectivity index (χ1) is 18.2. The van der Waals surface area contributed by atoms with Gasteiger partial charge in [-0.05, 0) is 56.0 Å². The zero-order valence-electron chi connectivity index (χ0n) is 22.2. The summed E-state index contributed by atoms with van der Waals surface area (Å²) in [6.45, 7) is 10.7. The van der Waals surface area contributed by atoms with Gasteiger partial charge in [0.1, 0.15) is 5.75 Å². The van der Waals surface area contributed by atoms with Crippen molar-refractivity contribution in [1.29, 1.82) is 0 Å². The maximum Gasteiger partial charge on any atom is 0.251 e. The third-order valence-corrected chi connectivity index (χ3v) is 7.80. The van der Waals surface area contributed by atoms with Crippen LogP contribution in [0.2, 0.25) is 0 Å². The number of benzene rings is 2. The third kappa shape index (κ3) is 5.84. The molecular weight excluding hydrogens is 500 g/mol. The molecule has 8 nitrogen and oxygen atoms in total. The lowest BCUT2D eigenvalue weighted by molar-refractivity contribution is -0.115. The number of carbonyl (C=O) groups excluding carboxylic acids is 2. The van der Waals surface area contributed by atoms with Gasteiger partial charge in [-0.25, -0.2) is 4.98 Å². The molecule has 0 unspecified atom stereocenters. The van der Waals surface area contributed by atoms with Crippen LogP contribution >= 0.6 is 11.3 Å². The molecule has 9 heteroatoms. The second-order valence-corrected chi connectivity index (χ2v) is 11.5. The summed E-state index contributed by atoms with van der Waals surface area (Å²) in [5.74, 6) is 0.188. The number of thiazole rings is 1. The van der Waals surface area contributed by atoms with Crippen molar-refractivity contribution in [3.8, 4) is 17.0 Å². The molecule has 0 saturated carbocycles. The second-order valence-electron chi connectivity index (χ2n) is 10.7. The van der Waals surface area contributed by atoms with E-state index in [1.807, 2.05) is 29.6 Å². The average Bonchev–Trinajstić information content (AvgIpc) is 3.35. The van der Waals surface area contributed by atoms with Crippen LogP contribution in [0.5, 0.6) is 5.75 Å². The fourth-order valence-corrected chi connectivity index (χ4v) is 5.75. The number of anilines is 2. The van der Waals surface area contributed by atoms with E-state index in [1.165, 1.54) is 11.3 Å². The molecule has 38 heavy (non-hydrogen) atoms. The minimum Gasteiger partial charge on any atom is -0.493 e. The quantitative estimate of drug-likeness (QED) is 0.470. The molecule has 2 amide bonds. The predicted molar refractivity (Wildman–Crippen MR) is 150 cm³/mol. The normalized spacial score (nSPS) is 20.3. The number of fused-ring (bicyclic) bond motifs is 1. The van der Waals surface area contributed by atoms with Crippen LogP contribution in [0.25, 0.3) is 11.3 Å². The fourth-order valence-electron chi connectivity index (χ4n) is 5.02. The van der Waals surface area contributed by atoms with Gasteiger partial charge in [-0.3, -0.25) is 9.59 Å². The monoisotopic (exact) mass is 534 g/mol. The number of hydrogen-bond donors (Lipinski definition) is 2. The Morgan fingerprint density at radius 2 is 1.92 bits per heavy atom. The van der Waals surface area contributed by atoms with E-state index < -0.39 is 0 Å². The molecule has 0 bridgehead atoms. The zero-order chi connectivity index (χ0) is 26.9. The third-order valence-electron chi connectivity index (χ3n) is 7.04. The zero-order valence-corrected chi connectivity index (χ0v) is 23.1. The minimum atomic E-state index is -0.328. The van der Waals surface area contributed by atoms with Gasteiger partial charge in [0.2, 0.25) is 5.91 Å². The summed E-state index contributed by atoms with van der Waals surface area (Å²) >= 11 is 1.36. The Bertz CT molecular complexity index is 1330. The lowest BCUT2D eigenvalue weighted by Crippen LogP contribution is -2.45. The molecule has 200 valence electrons. The van der Waals surface area contributed by atoms with Crippen LogP contribution in [0.15, 0.2) is 47.8 Å². The molecule has 1 aromatic heterocycles. The van der Waals surface area contributed by atoms with Crippen LogP contribution in [0.3, 0.4) is 0 Å². The Morgan fingerprint density at radius 3 is 2.71 bits per heavy atom. The summed E-state index contributed by atoms with van der Waals surface area (Å²) in [7, 11) is 0. The van der Waals surface area contributed by atoms with Gasteiger partial charge in [0.25, 0.3) is 5.91 Å². The summed E-state index contributed by atoms with van der Waals surface area (Å²) in [6.07, 6.45) is 1.24. The van der Waals surface area contributed by atoms with Crippen LogP contribution in [0.1, 0.15) is 50.0 Å². The number of carbonyl (C=O) groups is 2. The Hall–Kier alpha value is -3.43. The van der Waals surface area contributed by atoms with E-state index in [4.69, 9.17) is 9.47 Å². The van der Waals surface area contributed by atoms with Gasteiger partial charge in [0.05, 0.1) is 31.1 Å². The minimum absolute atomic E-state index is 0.0671. The number of amides is 2. The van der Waals surface area contributed by atoms with Crippen LogP contribution in [0, 0.1) is 0 Å². The Morgan fingerprint density at radius 1 is 1.13 bits per heavy atom. The number of nitrogens with zero attached hydrogens (tertiary/aromatic N) is 2. The lowest BCUT2D eigenvalue weighted by atomic mass is 9.79. The van der Waals surface area contributed by atoms with Crippen molar-refractivity contribution >= 4 is 34.0 Å². The summed E-state index contributed by atoms with van der Waals surface area (Å²) < 4.78 is 11.6. The van der Waals surface area contributed by atoms with E-state index in [0.29, 0.717) is 17.3 Å². The van der Waals surface area contributed by atoms with Crippen LogP contribution < -0.4 is 20.3 Å². The highest BCUT2D eigenvalue weighted by molar-refractivity contribution is 7.14. The van der Waals surface area contributed by atoms with Crippen molar-refractivity contribution < 1.29 is 19.1 Å².